The number of amides is 1. The van der Waals surface area contributed by atoms with Gasteiger partial charge in [0.05, 0.1) is 25.3 Å². The molecule has 3 atom stereocenters. The van der Waals surface area contributed by atoms with Crippen molar-refractivity contribution in [2.24, 2.45) is 0 Å². The van der Waals surface area contributed by atoms with Crippen molar-refractivity contribution in [1.82, 2.24) is 4.90 Å². The monoisotopic (exact) mass is 338 g/mol. The fourth-order valence-corrected chi connectivity index (χ4v) is 3.88. The fraction of sp³-hybridized carbons (Fsp3) is 0.350. The zero-order valence-corrected chi connectivity index (χ0v) is 14.2. The second-order valence-corrected chi connectivity index (χ2v) is 6.67. The van der Waals surface area contributed by atoms with Crippen LogP contribution >= 0.6 is 0 Å². The van der Waals surface area contributed by atoms with Crippen LogP contribution < -0.4 is 10.1 Å². The molecule has 2 heterocycles. The summed E-state index contributed by atoms with van der Waals surface area (Å²) < 4.78 is 5.19. The highest BCUT2D eigenvalue weighted by molar-refractivity contribution is 5.99. The molecule has 0 spiro atoms. The third-order valence-electron chi connectivity index (χ3n) is 5.24. The predicted molar refractivity (Wildman–Crippen MR) is 95.9 cm³/mol. The number of nitrogens with one attached hydrogen (secondary N) is 1. The maximum atomic E-state index is 12.6. The minimum Gasteiger partial charge on any atom is -0.497 e. The standard InChI is InChI=1S/C20H22N2O3/c1-25-14-8-6-13(7-9-14)21-17-12-18-15-4-2-3-5-16(15)20(24)22(18)11-10-19(17)23/h2-9,17-19,21,23H,10-12H2,1H3/t17-,18-,19-/m0/s1. The van der Waals surface area contributed by atoms with Gasteiger partial charge >= 0.3 is 0 Å². The molecule has 2 aliphatic heterocycles. The molecule has 25 heavy (non-hydrogen) atoms. The van der Waals surface area contributed by atoms with Crippen LogP contribution in [-0.2, 0) is 0 Å². The first-order chi connectivity index (χ1) is 12.2. The lowest BCUT2D eigenvalue weighted by atomic mass is 9.96. The van der Waals surface area contributed by atoms with Crippen molar-refractivity contribution >= 4 is 11.6 Å². The number of nitrogens with zero attached hydrogens (tertiary/aromatic N) is 1. The largest absolute Gasteiger partial charge is 0.497 e. The number of hydrogen-bond acceptors (Lipinski definition) is 4. The molecule has 1 amide bonds. The summed E-state index contributed by atoms with van der Waals surface area (Å²) in [6, 6.07) is 15.4. The summed E-state index contributed by atoms with van der Waals surface area (Å²) in [4.78, 5) is 14.5. The zero-order valence-electron chi connectivity index (χ0n) is 14.2. The number of methoxy groups -OCH3 is 1. The van der Waals surface area contributed by atoms with Crippen LogP contribution in [0.2, 0.25) is 0 Å². The topological polar surface area (TPSA) is 61.8 Å². The number of anilines is 1. The van der Waals surface area contributed by atoms with Crippen LogP contribution in [0, 0.1) is 0 Å². The van der Waals surface area contributed by atoms with Gasteiger partial charge in [-0.15, -0.1) is 0 Å². The first-order valence-corrected chi connectivity index (χ1v) is 8.66. The normalized spacial score (nSPS) is 25.1. The molecule has 5 nitrogen and oxygen atoms in total. The van der Waals surface area contributed by atoms with Crippen molar-refractivity contribution < 1.29 is 14.6 Å². The highest BCUT2D eigenvalue weighted by Gasteiger charge is 2.41. The number of carbonyl (C=O) groups excluding carboxylic acids is 1. The molecule has 0 aromatic heterocycles. The highest BCUT2D eigenvalue weighted by Crippen LogP contribution is 2.39. The van der Waals surface area contributed by atoms with E-state index in [4.69, 9.17) is 4.74 Å². The van der Waals surface area contributed by atoms with Crippen molar-refractivity contribution in [2.75, 3.05) is 19.0 Å². The van der Waals surface area contributed by atoms with Gasteiger partial charge in [0.15, 0.2) is 0 Å². The Hall–Kier alpha value is -2.53. The number of rotatable bonds is 3. The Labute approximate surface area is 147 Å². The number of carbonyl (C=O) groups is 1. The molecule has 0 aliphatic carbocycles. The Morgan fingerprint density at radius 1 is 1.16 bits per heavy atom. The molecular formula is C20H22N2O3. The number of aliphatic hydroxyl groups excluding tert-OH is 1. The highest BCUT2D eigenvalue weighted by atomic mass is 16.5. The lowest BCUT2D eigenvalue weighted by Crippen LogP contribution is -2.33. The van der Waals surface area contributed by atoms with E-state index in [9.17, 15) is 9.90 Å². The first-order valence-electron chi connectivity index (χ1n) is 8.66. The molecule has 1 fully saturated rings. The van der Waals surface area contributed by atoms with Gasteiger partial charge in [0, 0.05) is 17.8 Å². The van der Waals surface area contributed by atoms with Gasteiger partial charge in [0.1, 0.15) is 5.75 Å². The molecular weight excluding hydrogens is 316 g/mol. The number of benzene rings is 2. The third-order valence-corrected chi connectivity index (χ3v) is 5.24. The first kappa shape index (κ1) is 16.0. The maximum absolute atomic E-state index is 12.6. The van der Waals surface area contributed by atoms with E-state index >= 15 is 0 Å². The number of ether oxygens (including phenoxy) is 1. The summed E-state index contributed by atoms with van der Waals surface area (Å²) >= 11 is 0. The van der Waals surface area contributed by atoms with E-state index in [0.29, 0.717) is 19.4 Å². The summed E-state index contributed by atoms with van der Waals surface area (Å²) in [5.74, 6) is 0.881. The van der Waals surface area contributed by atoms with Gasteiger partial charge in [-0.2, -0.15) is 0 Å². The minimum absolute atomic E-state index is 0.0246. The molecule has 2 aromatic carbocycles. The van der Waals surface area contributed by atoms with Crippen molar-refractivity contribution in [3.8, 4) is 5.75 Å². The molecule has 0 unspecified atom stereocenters. The molecule has 0 saturated carbocycles. The quantitative estimate of drug-likeness (QED) is 0.903. The Morgan fingerprint density at radius 2 is 1.92 bits per heavy atom. The average Bonchev–Trinajstić information content (AvgIpc) is 2.80. The van der Waals surface area contributed by atoms with Crippen LogP contribution in [0.4, 0.5) is 5.69 Å². The van der Waals surface area contributed by atoms with Gasteiger partial charge in [-0.3, -0.25) is 4.79 Å². The molecule has 130 valence electrons. The molecule has 0 radical (unpaired) electrons. The Kier molecular flexibility index (Phi) is 4.09. The van der Waals surface area contributed by atoms with Crippen LogP contribution in [0.25, 0.3) is 0 Å². The summed E-state index contributed by atoms with van der Waals surface area (Å²) in [6.07, 6.45) is 0.771. The number of aliphatic hydroxyl groups is 1. The second-order valence-electron chi connectivity index (χ2n) is 6.67. The number of hydrogen-bond donors (Lipinski definition) is 2. The predicted octanol–water partition coefficient (Wildman–Crippen LogP) is 2.83. The minimum atomic E-state index is -0.493. The molecule has 0 bridgehead atoms. The molecule has 1 saturated heterocycles. The van der Waals surface area contributed by atoms with E-state index in [2.05, 4.69) is 5.32 Å². The summed E-state index contributed by atoms with van der Waals surface area (Å²) in [5.41, 5.74) is 2.81. The lowest BCUT2D eigenvalue weighted by Gasteiger charge is -2.26. The van der Waals surface area contributed by atoms with E-state index in [1.807, 2.05) is 53.4 Å². The Bertz CT molecular complexity index is 775. The molecule has 2 aromatic rings. The maximum Gasteiger partial charge on any atom is 0.254 e. The average molecular weight is 338 g/mol. The SMILES string of the molecule is COc1ccc(N[C@H]2C[C@H]3c4ccccc4C(=O)N3CC[C@@H]2O)cc1. The lowest BCUT2D eigenvalue weighted by molar-refractivity contribution is 0.0724. The van der Waals surface area contributed by atoms with E-state index in [1.54, 1.807) is 7.11 Å². The van der Waals surface area contributed by atoms with Crippen LogP contribution in [0.1, 0.15) is 34.8 Å². The van der Waals surface area contributed by atoms with Gasteiger partial charge in [-0.05, 0) is 48.7 Å². The smallest absolute Gasteiger partial charge is 0.254 e. The summed E-state index contributed by atoms with van der Waals surface area (Å²) in [5, 5.41) is 14.0. The number of fused-ring (bicyclic) bond motifs is 3. The van der Waals surface area contributed by atoms with E-state index < -0.39 is 6.10 Å². The van der Waals surface area contributed by atoms with Crippen LogP contribution in [0.5, 0.6) is 5.75 Å². The van der Waals surface area contributed by atoms with Gasteiger partial charge in [-0.1, -0.05) is 18.2 Å². The van der Waals surface area contributed by atoms with E-state index in [-0.39, 0.29) is 18.0 Å². The molecule has 2 aliphatic rings. The van der Waals surface area contributed by atoms with Crippen molar-refractivity contribution in [1.29, 1.82) is 0 Å². The summed E-state index contributed by atoms with van der Waals surface area (Å²) in [7, 11) is 1.64. The fourth-order valence-electron chi connectivity index (χ4n) is 3.88. The van der Waals surface area contributed by atoms with Crippen molar-refractivity contribution in [3.05, 3.63) is 59.7 Å². The van der Waals surface area contributed by atoms with Crippen molar-refractivity contribution in [2.45, 2.75) is 31.0 Å². The molecule has 2 N–H and O–H groups in total. The van der Waals surface area contributed by atoms with Crippen LogP contribution in [-0.4, -0.2) is 41.7 Å². The molecule has 5 heteroatoms. The van der Waals surface area contributed by atoms with Gasteiger partial charge in [0.2, 0.25) is 0 Å². The zero-order chi connectivity index (χ0) is 17.4. The second kappa shape index (κ2) is 6.41. The molecule has 4 rings (SSSR count). The third kappa shape index (κ3) is 2.85. The van der Waals surface area contributed by atoms with Crippen LogP contribution in [0.3, 0.4) is 0 Å². The summed E-state index contributed by atoms with van der Waals surface area (Å²) in [6.45, 7) is 0.583. The van der Waals surface area contributed by atoms with Gasteiger partial charge < -0.3 is 20.1 Å². The van der Waals surface area contributed by atoms with Gasteiger partial charge in [-0.25, -0.2) is 0 Å². The van der Waals surface area contributed by atoms with E-state index in [0.717, 1.165) is 22.6 Å². The van der Waals surface area contributed by atoms with Gasteiger partial charge in [0.25, 0.3) is 5.91 Å². The Balaban J connectivity index is 1.58. The van der Waals surface area contributed by atoms with Crippen molar-refractivity contribution in [3.63, 3.8) is 0 Å². The van der Waals surface area contributed by atoms with Crippen LogP contribution in [0.15, 0.2) is 48.5 Å². The van der Waals surface area contributed by atoms with E-state index in [1.165, 1.54) is 0 Å². The Morgan fingerprint density at radius 3 is 2.68 bits per heavy atom.